The van der Waals surface area contributed by atoms with Crippen LogP contribution in [0.5, 0.6) is 0 Å². The minimum Gasteiger partial charge on any atom is -0.313 e. The molecule has 4 nitrogen and oxygen atoms in total. The van der Waals surface area contributed by atoms with E-state index < -0.39 is 0 Å². The molecule has 0 aromatic carbocycles. The summed E-state index contributed by atoms with van der Waals surface area (Å²) in [5.41, 5.74) is 2.16. The van der Waals surface area contributed by atoms with Crippen LogP contribution in [-0.2, 0) is 20.0 Å². The van der Waals surface area contributed by atoms with Crippen molar-refractivity contribution in [3.05, 3.63) is 16.4 Å². The Morgan fingerprint density at radius 3 is 2.76 bits per heavy atom. The molecule has 21 heavy (non-hydrogen) atoms. The first-order valence-corrected chi connectivity index (χ1v) is 8.62. The number of hydrogen-bond donors (Lipinski definition) is 1. The highest BCUT2D eigenvalue weighted by molar-refractivity contribution is 6.31. The molecule has 1 aromatic rings. The Morgan fingerprint density at radius 1 is 1.38 bits per heavy atom. The molecule has 2 unspecified atom stereocenters. The van der Waals surface area contributed by atoms with Gasteiger partial charge in [0, 0.05) is 32.2 Å². The van der Waals surface area contributed by atoms with E-state index in [1.165, 1.54) is 19.3 Å². The van der Waals surface area contributed by atoms with E-state index in [2.05, 4.69) is 36.1 Å². The Morgan fingerprint density at radius 2 is 2.14 bits per heavy atom. The fraction of sp³-hybridized carbons (Fsp3) is 0.812. The highest BCUT2D eigenvalue weighted by Crippen LogP contribution is 2.24. The lowest BCUT2D eigenvalue weighted by molar-refractivity contribution is 0.188. The second-order valence-corrected chi connectivity index (χ2v) is 6.57. The SMILES string of the molecule is CCCC1CN(Cc2c(Cl)c(CC)nn2C)C(C)CCN1. The van der Waals surface area contributed by atoms with E-state index in [9.17, 15) is 0 Å². The number of nitrogens with zero attached hydrogens (tertiary/aromatic N) is 3. The molecule has 2 rings (SSSR count). The molecule has 0 amide bonds. The average Bonchev–Trinajstić information content (AvgIpc) is 2.61. The van der Waals surface area contributed by atoms with Crippen LogP contribution in [0.3, 0.4) is 0 Å². The van der Waals surface area contributed by atoms with Crippen LogP contribution in [-0.4, -0.2) is 39.9 Å². The molecule has 1 aliphatic rings. The van der Waals surface area contributed by atoms with Gasteiger partial charge in [-0.25, -0.2) is 0 Å². The van der Waals surface area contributed by atoms with E-state index in [0.29, 0.717) is 12.1 Å². The van der Waals surface area contributed by atoms with Gasteiger partial charge < -0.3 is 5.32 Å². The fourth-order valence-corrected chi connectivity index (χ4v) is 3.51. The number of rotatable bonds is 5. The molecule has 1 N–H and O–H groups in total. The van der Waals surface area contributed by atoms with Crippen LogP contribution in [0.2, 0.25) is 5.02 Å². The quantitative estimate of drug-likeness (QED) is 0.907. The summed E-state index contributed by atoms with van der Waals surface area (Å²) in [7, 11) is 2.00. The molecule has 1 aliphatic heterocycles. The molecule has 2 atom stereocenters. The predicted molar refractivity (Wildman–Crippen MR) is 88.8 cm³/mol. The molecular formula is C16H29ClN4. The standard InChI is InChI=1S/C16H29ClN4/c1-5-7-13-10-21(12(3)8-9-18-13)11-15-16(17)14(6-2)19-20(15)4/h12-13,18H,5-11H2,1-4H3. The number of aromatic nitrogens is 2. The number of aryl methyl sites for hydroxylation is 2. The highest BCUT2D eigenvalue weighted by Gasteiger charge is 2.25. The van der Waals surface area contributed by atoms with Crippen LogP contribution in [0.1, 0.15) is 51.4 Å². The van der Waals surface area contributed by atoms with Gasteiger partial charge in [-0.2, -0.15) is 5.10 Å². The molecule has 1 fully saturated rings. The van der Waals surface area contributed by atoms with Gasteiger partial charge in [-0.15, -0.1) is 0 Å². The maximum Gasteiger partial charge on any atom is 0.0863 e. The Hall–Kier alpha value is -0.580. The smallest absolute Gasteiger partial charge is 0.0863 e. The zero-order chi connectivity index (χ0) is 15.4. The van der Waals surface area contributed by atoms with Gasteiger partial charge in [0.1, 0.15) is 0 Å². The monoisotopic (exact) mass is 312 g/mol. The van der Waals surface area contributed by atoms with Crippen molar-refractivity contribution in [2.75, 3.05) is 13.1 Å². The van der Waals surface area contributed by atoms with Crippen molar-refractivity contribution in [1.29, 1.82) is 0 Å². The number of hydrogen-bond acceptors (Lipinski definition) is 3. The molecule has 0 radical (unpaired) electrons. The molecule has 5 heteroatoms. The zero-order valence-corrected chi connectivity index (χ0v) is 14.6. The topological polar surface area (TPSA) is 33.1 Å². The van der Waals surface area contributed by atoms with Crippen molar-refractivity contribution >= 4 is 11.6 Å². The van der Waals surface area contributed by atoms with Gasteiger partial charge in [0.15, 0.2) is 0 Å². The fourth-order valence-electron chi connectivity index (χ4n) is 3.15. The minimum absolute atomic E-state index is 0.579. The van der Waals surface area contributed by atoms with Crippen molar-refractivity contribution < 1.29 is 0 Å². The van der Waals surface area contributed by atoms with E-state index in [0.717, 1.165) is 42.5 Å². The average molecular weight is 313 g/mol. The second kappa shape index (κ2) is 7.61. The van der Waals surface area contributed by atoms with E-state index in [-0.39, 0.29) is 0 Å². The molecule has 0 bridgehead atoms. The van der Waals surface area contributed by atoms with Crippen LogP contribution in [0.4, 0.5) is 0 Å². The van der Waals surface area contributed by atoms with Crippen LogP contribution >= 0.6 is 11.6 Å². The van der Waals surface area contributed by atoms with Crippen molar-refractivity contribution in [3.63, 3.8) is 0 Å². The lowest BCUT2D eigenvalue weighted by atomic mass is 10.1. The lowest BCUT2D eigenvalue weighted by Crippen LogP contribution is -2.40. The van der Waals surface area contributed by atoms with Crippen LogP contribution in [0.15, 0.2) is 0 Å². The third kappa shape index (κ3) is 3.99. The van der Waals surface area contributed by atoms with Gasteiger partial charge in [-0.3, -0.25) is 9.58 Å². The van der Waals surface area contributed by atoms with Crippen LogP contribution < -0.4 is 5.32 Å². The predicted octanol–water partition coefficient (Wildman–Crippen LogP) is 2.99. The Kier molecular flexibility index (Phi) is 6.08. The summed E-state index contributed by atoms with van der Waals surface area (Å²) in [6.07, 6.45) is 4.55. The minimum atomic E-state index is 0.579. The lowest BCUT2D eigenvalue weighted by Gasteiger charge is -2.29. The summed E-state index contributed by atoms with van der Waals surface area (Å²) in [6, 6.07) is 1.17. The van der Waals surface area contributed by atoms with Crippen LogP contribution in [0.25, 0.3) is 0 Å². The largest absolute Gasteiger partial charge is 0.313 e. The molecule has 120 valence electrons. The summed E-state index contributed by atoms with van der Waals surface area (Å²) in [4.78, 5) is 2.56. The van der Waals surface area contributed by atoms with Gasteiger partial charge >= 0.3 is 0 Å². The van der Waals surface area contributed by atoms with Gasteiger partial charge in [0.25, 0.3) is 0 Å². The summed E-state index contributed by atoms with van der Waals surface area (Å²) in [5, 5.41) is 9.08. The summed E-state index contributed by atoms with van der Waals surface area (Å²) in [5.74, 6) is 0. The van der Waals surface area contributed by atoms with Gasteiger partial charge in [-0.05, 0) is 32.7 Å². The summed E-state index contributed by atoms with van der Waals surface area (Å²) >= 11 is 6.51. The Bertz CT molecular complexity index is 457. The Labute approximate surface area is 133 Å². The van der Waals surface area contributed by atoms with Crippen molar-refractivity contribution in [1.82, 2.24) is 20.0 Å². The third-order valence-corrected chi connectivity index (χ3v) is 5.00. The number of nitrogens with one attached hydrogen (secondary N) is 1. The van der Waals surface area contributed by atoms with Gasteiger partial charge in [0.2, 0.25) is 0 Å². The van der Waals surface area contributed by atoms with Gasteiger partial charge in [0.05, 0.1) is 16.4 Å². The molecule has 1 aromatic heterocycles. The van der Waals surface area contributed by atoms with Crippen molar-refractivity contribution in [2.24, 2.45) is 7.05 Å². The van der Waals surface area contributed by atoms with E-state index >= 15 is 0 Å². The molecule has 1 saturated heterocycles. The zero-order valence-electron chi connectivity index (χ0n) is 13.8. The molecular weight excluding hydrogens is 284 g/mol. The molecule has 2 heterocycles. The van der Waals surface area contributed by atoms with Gasteiger partial charge in [-0.1, -0.05) is 31.9 Å². The normalized spacial score (nSPS) is 24.2. The van der Waals surface area contributed by atoms with Crippen molar-refractivity contribution in [3.8, 4) is 0 Å². The third-order valence-electron chi connectivity index (χ3n) is 4.57. The van der Waals surface area contributed by atoms with Crippen molar-refractivity contribution in [2.45, 2.75) is 65.1 Å². The number of halogens is 1. The first-order chi connectivity index (χ1) is 10.1. The maximum absolute atomic E-state index is 6.51. The first kappa shape index (κ1) is 16.8. The van der Waals surface area contributed by atoms with Crippen LogP contribution in [0, 0.1) is 0 Å². The second-order valence-electron chi connectivity index (χ2n) is 6.19. The molecule has 0 spiro atoms. The first-order valence-electron chi connectivity index (χ1n) is 8.24. The maximum atomic E-state index is 6.51. The molecule has 0 saturated carbocycles. The highest BCUT2D eigenvalue weighted by atomic mass is 35.5. The summed E-state index contributed by atoms with van der Waals surface area (Å²) in [6.45, 7) is 9.78. The summed E-state index contributed by atoms with van der Waals surface area (Å²) < 4.78 is 1.96. The van der Waals surface area contributed by atoms with E-state index in [4.69, 9.17) is 11.6 Å². The van der Waals surface area contributed by atoms with E-state index in [1.807, 2.05) is 11.7 Å². The Balaban J connectivity index is 2.13. The molecule has 0 aliphatic carbocycles. The van der Waals surface area contributed by atoms with E-state index in [1.54, 1.807) is 0 Å².